The van der Waals surface area contributed by atoms with Gasteiger partial charge in [-0.05, 0) is 65.0 Å². The zero-order valence-electron chi connectivity index (χ0n) is 23.9. The highest BCUT2D eigenvalue weighted by atomic mass is 16.6. The van der Waals surface area contributed by atoms with Gasteiger partial charge < -0.3 is 30.7 Å². The maximum absolute atomic E-state index is 14.0. The molecule has 41 heavy (non-hydrogen) atoms. The molecule has 2 heterocycles. The second-order valence-electron chi connectivity index (χ2n) is 12.1. The van der Waals surface area contributed by atoms with Crippen LogP contribution in [-0.2, 0) is 19.1 Å². The van der Waals surface area contributed by atoms with Crippen LogP contribution in [0.5, 0.6) is 0 Å². The van der Waals surface area contributed by atoms with Gasteiger partial charge in [-0.15, -0.1) is 0 Å². The second-order valence-corrected chi connectivity index (χ2v) is 12.1. The fourth-order valence-electron chi connectivity index (χ4n) is 5.51. The molecule has 1 aromatic carbocycles. The molecule has 5 atom stereocenters. The minimum atomic E-state index is -1.43. The Morgan fingerprint density at radius 2 is 1.80 bits per heavy atom. The molecule has 0 aromatic heterocycles. The average molecular weight is 569 g/mol. The molecule has 1 saturated heterocycles. The van der Waals surface area contributed by atoms with Crippen LogP contribution in [0.25, 0.3) is 0 Å². The van der Waals surface area contributed by atoms with E-state index in [0.29, 0.717) is 18.4 Å². The fraction of sp³-hybridized carbons (Fsp3) is 0.567. The molecule has 2 aliphatic heterocycles. The van der Waals surface area contributed by atoms with Crippen LogP contribution >= 0.6 is 0 Å². The van der Waals surface area contributed by atoms with Crippen molar-refractivity contribution in [3.05, 3.63) is 48.0 Å². The van der Waals surface area contributed by atoms with Crippen LogP contribution in [0.1, 0.15) is 76.1 Å². The van der Waals surface area contributed by atoms with Gasteiger partial charge in [0.25, 0.3) is 5.91 Å². The number of ether oxygens (including phenoxy) is 1. The first-order valence-corrected chi connectivity index (χ1v) is 14.3. The van der Waals surface area contributed by atoms with Crippen LogP contribution in [-0.4, -0.2) is 75.6 Å². The topological polar surface area (TPSA) is 154 Å². The Hall–Kier alpha value is -3.89. The maximum atomic E-state index is 14.0. The van der Waals surface area contributed by atoms with Crippen molar-refractivity contribution < 1.29 is 33.8 Å². The molecule has 0 radical (unpaired) electrons. The number of alkyl carbamates (subject to hydrolysis) is 1. The van der Waals surface area contributed by atoms with E-state index >= 15 is 0 Å². The summed E-state index contributed by atoms with van der Waals surface area (Å²) in [6.45, 7) is 5.21. The Labute approximate surface area is 240 Å². The van der Waals surface area contributed by atoms with Gasteiger partial charge in [0.1, 0.15) is 23.2 Å². The second kappa shape index (κ2) is 12.3. The Morgan fingerprint density at radius 3 is 2.49 bits per heavy atom. The van der Waals surface area contributed by atoms with Gasteiger partial charge in [-0.3, -0.25) is 14.4 Å². The van der Waals surface area contributed by atoms with Crippen molar-refractivity contribution in [3.63, 3.8) is 0 Å². The van der Waals surface area contributed by atoms with Gasteiger partial charge in [-0.25, -0.2) is 9.59 Å². The number of hydrogen-bond donors (Lipinski definition) is 4. The number of allylic oxidation sites excluding steroid dienone is 1. The van der Waals surface area contributed by atoms with Crippen molar-refractivity contribution in [3.8, 4) is 0 Å². The van der Waals surface area contributed by atoms with Gasteiger partial charge in [0.05, 0.1) is 0 Å². The SMILES string of the molecule is CC(C)(C)OC(=O)N[C@H]1CCCCC/C=C\[C@@H]2C[C@@]2(C(=O)O)NC(=O)[C@@H]2C[C@@H](NC(=O)c3ccccc3)CN2C1=O. The first kappa shape index (κ1) is 30.1. The highest BCUT2D eigenvalue weighted by Crippen LogP contribution is 2.45. The number of carboxylic acid groups (broad SMARTS) is 1. The van der Waals surface area contributed by atoms with E-state index in [4.69, 9.17) is 4.74 Å². The molecular formula is C30H40N4O7. The van der Waals surface area contributed by atoms with E-state index in [9.17, 15) is 29.1 Å². The van der Waals surface area contributed by atoms with Gasteiger partial charge in [-0.2, -0.15) is 0 Å². The van der Waals surface area contributed by atoms with Crippen molar-refractivity contribution in [2.45, 2.75) is 95.0 Å². The predicted octanol–water partition coefficient (Wildman–Crippen LogP) is 2.76. The van der Waals surface area contributed by atoms with Gasteiger partial charge in [0.2, 0.25) is 11.8 Å². The zero-order valence-corrected chi connectivity index (χ0v) is 23.9. The quantitative estimate of drug-likeness (QED) is 0.407. The lowest BCUT2D eigenvalue weighted by Crippen LogP contribution is -2.56. The summed E-state index contributed by atoms with van der Waals surface area (Å²) >= 11 is 0. The van der Waals surface area contributed by atoms with Gasteiger partial charge >= 0.3 is 12.1 Å². The molecule has 0 unspecified atom stereocenters. The van der Waals surface area contributed by atoms with E-state index in [2.05, 4.69) is 16.0 Å². The van der Waals surface area contributed by atoms with Crippen molar-refractivity contribution >= 4 is 29.8 Å². The lowest BCUT2D eigenvalue weighted by Gasteiger charge is -2.30. The third-order valence-corrected chi connectivity index (χ3v) is 7.72. The number of fused-ring (bicyclic) bond motifs is 2. The molecule has 1 aliphatic carbocycles. The van der Waals surface area contributed by atoms with Crippen LogP contribution in [0.4, 0.5) is 4.79 Å². The molecule has 11 heteroatoms. The van der Waals surface area contributed by atoms with Crippen LogP contribution in [0.3, 0.4) is 0 Å². The average Bonchev–Trinajstić information content (AvgIpc) is 3.44. The van der Waals surface area contributed by atoms with Crippen molar-refractivity contribution in [2.75, 3.05) is 6.54 Å². The lowest BCUT2D eigenvalue weighted by molar-refractivity contribution is -0.145. The molecule has 1 saturated carbocycles. The molecule has 0 bridgehead atoms. The van der Waals surface area contributed by atoms with E-state index in [1.807, 2.05) is 12.2 Å². The lowest BCUT2D eigenvalue weighted by atomic mass is 10.0. The first-order valence-electron chi connectivity index (χ1n) is 14.3. The normalized spacial score (nSPS) is 29.5. The smallest absolute Gasteiger partial charge is 0.408 e. The standard InChI is InChI=1S/C30H40N4O7/c1-29(2,3)41-28(40)32-22-15-11-6-4-5-10-14-20-17-30(20,27(38)39)33-25(36)23-16-21(18-34(23)26(22)37)31-24(35)19-12-8-7-9-13-19/h7-10,12-14,20-23H,4-6,11,15-18H2,1-3H3,(H,31,35)(H,32,40)(H,33,36)(H,38,39)/b14-10-/t20-,21-,22+,23+,30-/m1/s1. The molecular weight excluding hydrogens is 528 g/mol. The van der Waals surface area contributed by atoms with E-state index in [1.54, 1.807) is 51.1 Å². The summed E-state index contributed by atoms with van der Waals surface area (Å²) in [5.41, 5.74) is -1.76. The fourth-order valence-corrected chi connectivity index (χ4v) is 5.51. The maximum Gasteiger partial charge on any atom is 0.408 e. The molecule has 4 N–H and O–H groups in total. The highest BCUT2D eigenvalue weighted by molar-refractivity contribution is 5.97. The highest BCUT2D eigenvalue weighted by Gasteiger charge is 2.61. The van der Waals surface area contributed by atoms with Crippen LogP contribution in [0.15, 0.2) is 42.5 Å². The summed E-state index contributed by atoms with van der Waals surface area (Å²) in [7, 11) is 0. The number of carboxylic acids is 1. The largest absolute Gasteiger partial charge is 0.479 e. The van der Waals surface area contributed by atoms with Gasteiger partial charge in [0, 0.05) is 24.1 Å². The number of benzene rings is 1. The summed E-state index contributed by atoms with van der Waals surface area (Å²) in [4.78, 5) is 66.7. The molecule has 0 spiro atoms. The van der Waals surface area contributed by atoms with Gasteiger partial charge in [-0.1, -0.05) is 43.2 Å². The molecule has 222 valence electrons. The minimum Gasteiger partial charge on any atom is -0.479 e. The number of rotatable bonds is 4. The summed E-state index contributed by atoms with van der Waals surface area (Å²) in [6, 6.07) is 6.07. The number of nitrogens with zero attached hydrogens (tertiary/aromatic N) is 1. The predicted molar refractivity (Wildman–Crippen MR) is 150 cm³/mol. The molecule has 3 aliphatic rings. The number of carbonyl (C=O) groups excluding carboxylic acids is 4. The van der Waals surface area contributed by atoms with Crippen molar-refractivity contribution in [2.24, 2.45) is 5.92 Å². The van der Waals surface area contributed by atoms with E-state index in [1.165, 1.54) is 4.90 Å². The first-order chi connectivity index (χ1) is 19.4. The summed E-state index contributed by atoms with van der Waals surface area (Å²) in [6.07, 6.45) is 6.80. The van der Waals surface area contributed by atoms with E-state index in [0.717, 1.165) is 19.3 Å². The minimum absolute atomic E-state index is 0.0331. The Kier molecular flexibility index (Phi) is 9.04. The molecule has 4 rings (SSSR count). The molecule has 2 fully saturated rings. The Balaban J connectivity index is 1.60. The third-order valence-electron chi connectivity index (χ3n) is 7.72. The van der Waals surface area contributed by atoms with Crippen molar-refractivity contribution in [1.82, 2.24) is 20.9 Å². The number of amides is 4. The van der Waals surface area contributed by atoms with E-state index in [-0.39, 0.29) is 31.2 Å². The van der Waals surface area contributed by atoms with Crippen molar-refractivity contribution in [1.29, 1.82) is 0 Å². The zero-order chi connectivity index (χ0) is 29.8. The van der Waals surface area contributed by atoms with Crippen LogP contribution in [0, 0.1) is 5.92 Å². The van der Waals surface area contributed by atoms with E-state index < -0.39 is 53.1 Å². The number of nitrogens with one attached hydrogen (secondary N) is 3. The molecule has 4 amide bonds. The third kappa shape index (κ3) is 7.45. The Morgan fingerprint density at radius 1 is 1.07 bits per heavy atom. The van der Waals surface area contributed by atoms with Crippen LogP contribution in [0.2, 0.25) is 0 Å². The summed E-state index contributed by atoms with van der Waals surface area (Å²) < 4.78 is 5.40. The Bertz CT molecular complexity index is 1190. The number of carbonyl (C=O) groups is 5. The monoisotopic (exact) mass is 568 g/mol. The van der Waals surface area contributed by atoms with Crippen LogP contribution < -0.4 is 16.0 Å². The van der Waals surface area contributed by atoms with Gasteiger partial charge in [0.15, 0.2) is 0 Å². The summed E-state index contributed by atoms with van der Waals surface area (Å²) in [5, 5.41) is 18.3. The number of aliphatic carboxylic acids is 1. The summed E-state index contributed by atoms with van der Waals surface area (Å²) in [5.74, 6) is -2.88. The molecule has 11 nitrogen and oxygen atoms in total. The number of hydrogen-bond acceptors (Lipinski definition) is 6. The molecule has 1 aromatic rings.